The van der Waals surface area contributed by atoms with Crippen LogP contribution in [0.25, 0.3) is 0 Å². The minimum atomic E-state index is 0. The van der Waals surface area contributed by atoms with E-state index in [2.05, 4.69) is 24.8 Å². The van der Waals surface area contributed by atoms with Crippen molar-refractivity contribution in [1.82, 2.24) is 9.80 Å². The molecule has 15 heavy (non-hydrogen) atoms. The average molecular weight is 334 g/mol. The third kappa shape index (κ3) is 14.8. The van der Waals surface area contributed by atoms with Crippen molar-refractivity contribution < 1.29 is 19.5 Å². The van der Waals surface area contributed by atoms with Crippen molar-refractivity contribution in [1.29, 1.82) is 0 Å². The zero-order valence-electron chi connectivity index (χ0n) is 9.65. The van der Waals surface area contributed by atoms with Crippen molar-refractivity contribution in [3.05, 3.63) is 0 Å². The van der Waals surface area contributed by atoms with E-state index in [9.17, 15) is 0 Å². The van der Waals surface area contributed by atoms with Crippen LogP contribution in [0.15, 0.2) is 0 Å². The number of thiocarbonyl (C=S) groups is 2. The van der Waals surface area contributed by atoms with Gasteiger partial charge in [0.05, 0.1) is 0 Å². The van der Waals surface area contributed by atoms with E-state index in [0.29, 0.717) is 8.64 Å². The van der Waals surface area contributed by atoms with Gasteiger partial charge < -0.3 is 59.5 Å². The maximum Gasteiger partial charge on any atom is 2.00 e. The van der Waals surface area contributed by atoms with Gasteiger partial charge in [-0.15, -0.1) is 0 Å². The molecule has 0 unspecified atom stereocenters. The molecule has 0 aliphatic rings. The van der Waals surface area contributed by atoms with Crippen molar-refractivity contribution in [2.24, 2.45) is 0 Å². The summed E-state index contributed by atoms with van der Waals surface area (Å²) >= 11 is 18.6. The van der Waals surface area contributed by atoms with Crippen molar-refractivity contribution in [3.63, 3.8) is 0 Å². The first-order valence-corrected chi connectivity index (χ1v) is 5.84. The summed E-state index contributed by atoms with van der Waals surface area (Å²) in [6, 6.07) is 0. The Bertz CT molecular complexity index is 183. The number of hydrogen-bond acceptors (Lipinski definition) is 4. The summed E-state index contributed by atoms with van der Waals surface area (Å²) in [4.78, 5) is 3.68. The van der Waals surface area contributed by atoms with Crippen molar-refractivity contribution in [3.8, 4) is 0 Å². The Morgan fingerprint density at radius 2 is 1.27 bits per heavy atom. The molecule has 7 heteroatoms. The van der Waals surface area contributed by atoms with Crippen LogP contribution in [-0.2, 0) is 44.7 Å². The molecule has 0 heterocycles. The fraction of sp³-hybridized carbons (Fsp3) is 0.750. The van der Waals surface area contributed by atoms with Gasteiger partial charge in [0, 0.05) is 27.2 Å². The zero-order valence-corrected chi connectivity index (χ0v) is 15.9. The molecule has 0 aromatic rings. The summed E-state index contributed by atoms with van der Waals surface area (Å²) in [5.41, 5.74) is 0. The smallest absolute Gasteiger partial charge is 0.411 e. The molecule has 0 saturated carbocycles. The van der Waals surface area contributed by atoms with Crippen molar-refractivity contribution in [2.75, 3.05) is 27.2 Å². The van der Waals surface area contributed by atoms with Gasteiger partial charge in [-0.05, 0) is 13.8 Å². The Morgan fingerprint density at radius 3 is 1.27 bits per heavy atom. The van der Waals surface area contributed by atoms with Gasteiger partial charge in [0.1, 0.15) is 0 Å². The van der Waals surface area contributed by atoms with E-state index >= 15 is 0 Å². The van der Waals surface area contributed by atoms with Gasteiger partial charge in [0.15, 0.2) is 0 Å². The van der Waals surface area contributed by atoms with E-state index in [1.165, 1.54) is 0 Å². The predicted octanol–water partition coefficient (Wildman–Crippen LogP) is 1.54. The summed E-state index contributed by atoms with van der Waals surface area (Å²) in [6.45, 7) is 5.95. The molecule has 0 amide bonds. The molecule has 0 atom stereocenters. The van der Waals surface area contributed by atoms with E-state index in [4.69, 9.17) is 24.8 Å². The van der Waals surface area contributed by atoms with Gasteiger partial charge in [-0.3, -0.25) is 0 Å². The molecular formula is C8H16N2S4Zn. The Labute approximate surface area is 128 Å². The van der Waals surface area contributed by atoms with E-state index in [0.717, 1.165) is 13.1 Å². The van der Waals surface area contributed by atoms with E-state index in [1.54, 1.807) is 4.90 Å². The Morgan fingerprint density at radius 1 is 1.00 bits per heavy atom. The maximum atomic E-state index is 4.76. The van der Waals surface area contributed by atoms with Crippen LogP contribution < -0.4 is 0 Å². The molecule has 0 fully saturated rings. The van der Waals surface area contributed by atoms with Gasteiger partial charge in [-0.25, -0.2) is 0 Å². The topological polar surface area (TPSA) is 6.48 Å². The first kappa shape index (κ1) is 21.2. The second-order valence-corrected chi connectivity index (χ2v) is 4.66. The quantitative estimate of drug-likeness (QED) is 0.426. The van der Waals surface area contributed by atoms with Gasteiger partial charge in [0.25, 0.3) is 0 Å². The summed E-state index contributed by atoms with van der Waals surface area (Å²) in [5.74, 6) is 0. The van der Waals surface area contributed by atoms with Gasteiger partial charge >= 0.3 is 19.5 Å². The molecule has 0 aliphatic heterocycles. The van der Waals surface area contributed by atoms with Crippen LogP contribution in [0.4, 0.5) is 0 Å². The maximum absolute atomic E-state index is 4.76. The SMILES string of the molecule is CCN(CC)C(=S)[S-].CN(C)C(=S)[S-].[Zn+2]. The predicted molar refractivity (Wildman–Crippen MR) is 76.5 cm³/mol. The number of rotatable bonds is 2. The second kappa shape index (κ2) is 12.9. The normalized spacial score (nSPS) is 7.73. The van der Waals surface area contributed by atoms with Crippen LogP contribution >= 0.6 is 24.4 Å². The molecule has 0 N–H and O–H groups in total. The van der Waals surface area contributed by atoms with E-state index < -0.39 is 0 Å². The summed E-state index contributed by atoms with van der Waals surface area (Å²) in [5, 5.41) is 0. The minimum Gasteiger partial charge on any atom is -0.411 e. The molecule has 0 rings (SSSR count). The Balaban J connectivity index is -0.000000187. The first-order valence-electron chi connectivity index (χ1n) is 4.20. The summed E-state index contributed by atoms with van der Waals surface area (Å²) in [7, 11) is 3.66. The van der Waals surface area contributed by atoms with Gasteiger partial charge in [-0.1, -0.05) is 8.64 Å². The molecule has 0 aliphatic carbocycles. The van der Waals surface area contributed by atoms with Crippen LogP contribution in [0, 0.1) is 0 Å². The van der Waals surface area contributed by atoms with E-state index in [1.807, 2.05) is 32.8 Å². The van der Waals surface area contributed by atoms with Crippen LogP contribution in [0.5, 0.6) is 0 Å². The Kier molecular flexibility index (Phi) is 18.2. The van der Waals surface area contributed by atoms with Gasteiger partial charge in [-0.2, -0.15) is 0 Å². The molecule has 2 nitrogen and oxygen atoms in total. The van der Waals surface area contributed by atoms with Crippen molar-refractivity contribution in [2.45, 2.75) is 13.8 Å². The fourth-order valence-electron chi connectivity index (χ4n) is 0.482. The minimum absolute atomic E-state index is 0. The molecule has 0 spiro atoms. The standard InChI is InChI=1S/C5H11NS2.C3H7NS2.Zn/c1-3-6(4-2)5(7)8;1-4(2)3(5)6;/h3-4H2,1-2H3,(H,7,8);1-2H3,(H,5,6);/q;;+2/p-2. The van der Waals surface area contributed by atoms with Gasteiger partial charge in [0.2, 0.25) is 0 Å². The Hall–Kier alpha value is 0.843. The third-order valence-electron chi connectivity index (χ3n) is 1.39. The molecular weight excluding hydrogens is 318 g/mol. The van der Waals surface area contributed by atoms with Crippen LogP contribution in [0.3, 0.4) is 0 Å². The molecule has 0 radical (unpaired) electrons. The van der Waals surface area contributed by atoms with Crippen LogP contribution in [0.2, 0.25) is 0 Å². The fourth-order valence-corrected chi connectivity index (χ4v) is 0.998. The monoisotopic (exact) mass is 332 g/mol. The second-order valence-electron chi connectivity index (χ2n) is 2.60. The molecule has 0 bridgehead atoms. The molecule has 0 aromatic carbocycles. The molecule has 0 saturated heterocycles. The van der Waals surface area contributed by atoms with Crippen LogP contribution in [0.1, 0.15) is 13.8 Å². The van der Waals surface area contributed by atoms with Crippen LogP contribution in [-0.4, -0.2) is 45.6 Å². The molecule has 0 aromatic heterocycles. The zero-order chi connectivity index (χ0) is 11.7. The van der Waals surface area contributed by atoms with Crippen molar-refractivity contribution >= 4 is 58.3 Å². The summed E-state index contributed by atoms with van der Waals surface area (Å²) in [6.07, 6.45) is 0. The first-order chi connectivity index (χ1) is 6.36. The number of hydrogen-bond donors (Lipinski definition) is 0. The summed E-state index contributed by atoms with van der Waals surface area (Å²) < 4.78 is 1.09. The molecule has 84 valence electrons. The average Bonchev–Trinajstić information content (AvgIpc) is 2.06. The van der Waals surface area contributed by atoms with E-state index in [-0.39, 0.29) is 19.5 Å². The number of nitrogens with zero attached hydrogens (tertiary/aromatic N) is 2. The largest absolute Gasteiger partial charge is 2.00 e. The third-order valence-corrected chi connectivity index (χ3v) is 2.63.